The Kier molecular flexibility index (Phi) is 3.44. The van der Waals surface area contributed by atoms with E-state index in [9.17, 15) is 14.4 Å². The largest absolute Gasteiger partial charge is 0.481 e. The van der Waals surface area contributed by atoms with Crippen LogP contribution in [0, 0.1) is 11.8 Å². The highest BCUT2D eigenvalue weighted by Crippen LogP contribution is 2.18. The topological polar surface area (TPSA) is 74.7 Å². The van der Waals surface area contributed by atoms with Crippen molar-refractivity contribution in [1.82, 2.24) is 4.90 Å². The molecule has 1 rings (SSSR count). The van der Waals surface area contributed by atoms with Crippen LogP contribution in [0.4, 0.5) is 0 Å². The molecule has 0 radical (unpaired) electrons. The number of carboxylic acid groups (broad SMARTS) is 1. The molecule has 1 atom stereocenters. The monoisotopic (exact) mass is 213 g/mol. The third kappa shape index (κ3) is 2.55. The highest BCUT2D eigenvalue weighted by molar-refractivity contribution is 6.02. The Labute approximate surface area is 88.1 Å². The third-order valence-electron chi connectivity index (χ3n) is 2.66. The minimum absolute atomic E-state index is 0.00463. The maximum Gasteiger partial charge on any atom is 0.308 e. The standard InChI is InChI=1S/C10H15NO4/c1-6(2)7(10(14)15)5-11-8(12)3-4-9(11)13/h6-7H,3-5H2,1-2H3,(H,14,15). The fourth-order valence-electron chi connectivity index (χ4n) is 1.60. The molecule has 1 aliphatic rings. The number of likely N-dealkylation sites (tertiary alicyclic amines) is 1. The lowest BCUT2D eigenvalue weighted by molar-refractivity contribution is -0.146. The normalized spacial score (nSPS) is 18.7. The number of hydrogen-bond acceptors (Lipinski definition) is 3. The van der Waals surface area contributed by atoms with Gasteiger partial charge in [0, 0.05) is 19.4 Å². The van der Waals surface area contributed by atoms with Crippen molar-refractivity contribution < 1.29 is 19.5 Å². The van der Waals surface area contributed by atoms with Crippen molar-refractivity contribution in [3.8, 4) is 0 Å². The second-order valence-corrected chi connectivity index (χ2v) is 4.09. The summed E-state index contributed by atoms with van der Waals surface area (Å²) in [4.78, 5) is 34.5. The summed E-state index contributed by atoms with van der Waals surface area (Å²) in [5, 5.41) is 8.93. The average Bonchev–Trinajstić information content (AvgIpc) is 2.42. The molecular weight excluding hydrogens is 198 g/mol. The van der Waals surface area contributed by atoms with Crippen molar-refractivity contribution in [2.75, 3.05) is 6.54 Å². The van der Waals surface area contributed by atoms with Gasteiger partial charge in [-0.1, -0.05) is 13.8 Å². The van der Waals surface area contributed by atoms with Crippen LogP contribution in [-0.4, -0.2) is 34.3 Å². The number of hydrogen-bond donors (Lipinski definition) is 1. The number of rotatable bonds is 4. The van der Waals surface area contributed by atoms with Crippen LogP contribution in [0.5, 0.6) is 0 Å². The van der Waals surface area contributed by atoms with E-state index in [2.05, 4.69) is 0 Å². The SMILES string of the molecule is CC(C)C(CN1C(=O)CCC1=O)C(=O)O. The van der Waals surface area contributed by atoms with E-state index < -0.39 is 11.9 Å². The second-order valence-electron chi connectivity index (χ2n) is 4.09. The fraction of sp³-hybridized carbons (Fsp3) is 0.700. The Hall–Kier alpha value is -1.39. The zero-order valence-electron chi connectivity index (χ0n) is 8.90. The lowest BCUT2D eigenvalue weighted by Crippen LogP contribution is -2.38. The maximum atomic E-state index is 11.3. The van der Waals surface area contributed by atoms with E-state index in [-0.39, 0.29) is 37.1 Å². The van der Waals surface area contributed by atoms with Crippen LogP contribution in [0.1, 0.15) is 26.7 Å². The predicted molar refractivity (Wildman–Crippen MR) is 51.9 cm³/mol. The summed E-state index contributed by atoms with van der Waals surface area (Å²) in [6.45, 7) is 3.54. The van der Waals surface area contributed by atoms with Crippen LogP contribution < -0.4 is 0 Å². The van der Waals surface area contributed by atoms with Crippen LogP contribution in [-0.2, 0) is 14.4 Å². The summed E-state index contributed by atoms with van der Waals surface area (Å²) in [5.74, 6) is -2.24. The Bertz CT molecular complexity index is 282. The van der Waals surface area contributed by atoms with Gasteiger partial charge in [-0.15, -0.1) is 0 Å². The molecule has 0 aromatic rings. The molecule has 84 valence electrons. The molecule has 1 saturated heterocycles. The molecule has 0 spiro atoms. The summed E-state index contributed by atoms with van der Waals surface area (Å²) < 4.78 is 0. The molecule has 1 fully saturated rings. The van der Waals surface area contributed by atoms with Crippen molar-refractivity contribution in [2.45, 2.75) is 26.7 Å². The van der Waals surface area contributed by atoms with E-state index in [1.165, 1.54) is 0 Å². The van der Waals surface area contributed by atoms with Crippen molar-refractivity contribution in [3.05, 3.63) is 0 Å². The first kappa shape index (κ1) is 11.7. The highest BCUT2D eigenvalue weighted by atomic mass is 16.4. The summed E-state index contributed by atoms with van der Waals surface area (Å²) in [5.41, 5.74) is 0. The van der Waals surface area contributed by atoms with Crippen LogP contribution in [0.2, 0.25) is 0 Å². The van der Waals surface area contributed by atoms with E-state index in [0.717, 1.165) is 4.90 Å². The van der Waals surface area contributed by atoms with E-state index in [4.69, 9.17) is 5.11 Å². The second kappa shape index (κ2) is 4.42. The van der Waals surface area contributed by atoms with Crippen molar-refractivity contribution >= 4 is 17.8 Å². The molecule has 15 heavy (non-hydrogen) atoms. The lowest BCUT2D eigenvalue weighted by Gasteiger charge is -2.21. The summed E-state index contributed by atoms with van der Waals surface area (Å²) in [6.07, 6.45) is 0.423. The molecular formula is C10H15NO4. The van der Waals surface area contributed by atoms with Gasteiger partial charge in [0.1, 0.15) is 0 Å². The van der Waals surface area contributed by atoms with Gasteiger partial charge in [0.05, 0.1) is 5.92 Å². The third-order valence-corrected chi connectivity index (χ3v) is 2.66. The van der Waals surface area contributed by atoms with Gasteiger partial charge in [0.15, 0.2) is 0 Å². The zero-order valence-corrected chi connectivity index (χ0v) is 8.90. The number of carbonyl (C=O) groups excluding carboxylic acids is 2. The Morgan fingerprint density at radius 1 is 1.33 bits per heavy atom. The van der Waals surface area contributed by atoms with Gasteiger partial charge in [0.2, 0.25) is 11.8 Å². The van der Waals surface area contributed by atoms with E-state index in [1.807, 2.05) is 0 Å². The molecule has 1 heterocycles. The molecule has 5 nitrogen and oxygen atoms in total. The van der Waals surface area contributed by atoms with E-state index in [0.29, 0.717) is 0 Å². The molecule has 0 saturated carbocycles. The highest BCUT2D eigenvalue weighted by Gasteiger charge is 2.34. The van der Waals surface area contributed by atoms with Gasteiger partial charge in [-0.3, -0.25) is 19.3 Å². The van der Waals surface area contributed by atoms with Gasteiger partial charge < -0.3 is 5.11 Å². The fourth-order valence-corrected chi connectivity index (χ4v) is 1.60. The molecule has 5 heteroatoms. The molecule has 0 aliphatic carbocycles. The molecule has 1 N–H and O–H groups in total. The quantitative estimate of drug-likeness (QED) is 0.690. The summed E-state index contributed by atoms with van der Waals surface area (Å²) in [7, 11) is 0. The lowest BCUT2D eigenvalue weighted by atomic mass is 9.95. The van der Waals surface area contributed by atoms with Crippen LogP contribution in [0.3, 0.4) is 0 Å². The number of imide groups is 1. The van der Waals surface area contributed by atoms with Crippen LogP contribution >= 0.6 is 0 Å². The number of nitrogens with zero attached hydrogens (tertiary/aromatic N) is 1. The first-order valence-electron chi connectivity index (χ1n) is 4.99. The minimum atomic E-state index is -0.961. The van der Waals surface area contributed by atoms with Gasteiger partial charge in [0.25, 0.3) is 0 Å². The number of aliphatic carboxylic acids is 1. The smallest absolute Gasteiger partial charge is 0.308 e. The maximum absolute atomic E-state index is 11.3. The van der Waals surface area contributed by atoms with Gasteiger partial charge in [-0.05, 0) is 5.92 Å². The first-order valence-corrected chi connectivity index (χ1v) is 4.99. The minimum Gasteiger partial charge on any atom is -0.481 e. The predicted octanol–water partition coefficient (Wildman–Crippen LogP) is 0.492. The molecule has 1 unspecified atom stereocenters. The van der Waals surface area contributed by atoms with Crippen molar-refractivity contribution in [1.29, 1.82) is 0 Å². The summed E-state index contributed by atoms with van der Waals surface area (Å²) >= 11 is 0. The van der Waals surface area contributed by atoms with Crippen molar-refractivity contribution in [2.24, 2.45) is 11.8 Å². The zero-order chi connectivity index (χ0) is 11.6. The molecule has 0 aromatic heterocycles. The van der Waals surface area contributed by atoms with E-state index in [1.54, 1.807) is 13.8 Å². The van der Waals surface area contributed by atoms with E-state index >= 15 is 0 Å². The number of carboxylic acids is 1. The molecule has 1 aliphatic heterocycles. The Morgan fingerprint density at radius 3 is 2.13 bits per heavy atom. The van der Waals surface area contributed by atoms with Gasteiger partial charge in [-0.25, -0.2) is 0 Å². The van der Waals surface area contributed by atoms with Crippen LogP contribution in [0.25, 0.3) is 0 Å². The van der Waals surface area contributed by atoms with Crippen molar-refractivity contribution in [3.63, 3.8) is 0 Å². The molecule has 2 amide bonds. The Morgan fingerprint density at radius 2 is 1.80 bits per heavy atom. The Balaban J connectivity index is 2.69. The number of carbonyl (C=O) groups is 3. The molecule has 0 bridgehead atoms. The van der Waals surface area contributed by atoms with Crippen LogP contribution in [0.15, 0.2) is 0 Å². The first-order chi connectivity index (χ1) is 6.93. The molecule has 0 aromatic carbocycles. The average molecular weight is 213 g/mol. The van der Waals surface area contributed by atoms with Gasteiger partial charge in [-0.2, -0.15) is 0 Å². The van der Waals surface area contributed by atoms with Gasteiger partial charge >= 0.3 is 5.97 Å². The summed E-state index contributed by atoms with van der Waals surface area (Å²) in [6, 6.07) is 0. The number of amides is 2.